The van der Waals surface area contributed by atoms with Crippen molar-refractivity contribution >= 4 is 5.91 Å². The Morgan fingerprint density at radius 3 is 2.29 bits per heavy atom. The van der Waals surface area contributed by atoms with Crippen LogP contribution in [0.3, 0.4) is 0 Å². The average molecular weight is 688 g/mol. The number of alkyl halides is 1. The summed E-state index contributed by atoms with van der Waals surface area (Å²) in [7, 11) is 0. The predicted octanol–water partition coefficient (Wildman–Crippen LogP) is 9.71. The number of nitrogens with zero attached hydrogens (tertiary/aromatic N) is 1. The molecule has 0 aliphatic heterocycles. The highest BCUT2D eigenvalue weighted by Crippen LogP contribution is 2.63. The molecule has 3 aliphatic rings. The molecule has 7 atom stereocenters. The molecule has 1 amide bonds. The van der Waals surface area contributed by atoms with Crippen LogP contribution in [0.15, 0.2) is 103 Å². The zero-order valence-corrected chi connectivity index (χ0v) is 30.1. The van der Waals surface area contributed by atoms with E-state index in [1.807, 2.05) is 36.4 Å². The molecule has 0 aromatic heterocycles. The number of aryl methyl sites for hydroxylation is 1. The van der Waals surface area contributed by atoms with Gasteiger partial charge in [-0.2, -0.15) is 0 Å². The van der Waals surface area contributed by atoms with Crippen LogP contribution in [0.5, 0.6) is 5.75 Å². The zero-order valence-electron chi connectivity index (χ0n) is 30.1. The number of benzene rings is 4. The first-order valence-corrected chi connectivity index (χ1v) is 19.4. The standard InChI is InChI=1S/C46H54FNO3/c1-46-31-41(47)45-39-23-22-38(49)30-37(39)29-36(44(45)40(46)24-25-42(46)50)17-9-4-10-26-48(27-11-14-32-12-5-2-6-13-32)43(51)28-33-18-20-35(21-19-33)34-15-7-3-8-16-34/h2-3,5-8,12-13,15-16,18-23,30,36,40-42,44-45,49-50H,4,9-11,14,17,24-29,31H2,1H3/t36-,40?,41+,42+,44?,45?,46+/m1/s1. The molecule has 0 heterocycles. The highest BCUT2D eigenvalue weighted by molar-refractivity contribution is 5.79. The Balaban J connectivity index is 0.989. The van der Waals surface area contributed by atoms with Crippen molar-refractivity contribution in [2.24, 2.45) is 23.2 Å². The fourth-order valence-electron chi connectivity index (χ4n) is 10.1. The maximum absolute atomic E-state index is 16.2. The molecule has 0 bridgehead atoms. The summed E-state index contributed by atoms with van der Waals surface area (Å²) >= 11 is 0. The van der Waals surface area contributed by atoms with Crippen molar-refractivity contribution in [1.82, 2.24) is 4.90 Å². The molecule has 4 aromatic carbocycles. The number of amides is 1. The number of aromatic hydroxyl groups is 1. The zero-order chi connectivity index (χ0) is 35.4. The molecule has 3 unspecified atom stereocenters. The van der Waals surface area contributed by atoms with Crippen LogP contribution in [0, 0.1) is 23.2 Å². The van der Waals surface area contributed by atoms with Crippen LogP contribution in [-0.2, 0) is 24.1 Å². The molecule has 2 fully saturated rings. The Kier molecular flexibility index (Phi) is 10.9. The van der Waals surface area contributed by atoms with Crippen LogP contribution >= 0.6 is 0 Å². The number of fused-ring (bicyclic) bond motifs is 5. The van der Waals surface area contributed by atoms with E-state index in [1.54, 1.807) is 6.07 Å². The van der Waals surface area contributed by atoms with Crippen molar-refractivity contribution < 1.29 is 19.4 Å². The molecule has 2 N–H and O–H groups in total. The van der Waals surface area contributed by atoms with Gasteiger partial charge in [0, 0.05) is 19.0 Å². The Bertz CT molecular complexity index is 1740. The SMILES string of the molecule is C[C@]12C[C@H](F)C3c4ccc(O)cc4C[C@@H](CCCCCN(CCCc4ccccc4)C(=O)Cc4ccc(-c5ccccc5)cc4)C3C1CC[C@@H]2O. The van der Waals surface area contributed by atoms with E-state index in [-0.39, 0.29) is 28.9 Å². The summed E-state index contributed by atoms with van der Waals surface area (Å²) in [5.74, 6) is 1.11. The number of phenolic OH excluding ortho intramolecular Hbond substituents is 1. The molecular formula is C46H54FNO3. The van der Waals surface area contributed by atoms with Gasteiger partial charge in [-0.1, -0.05) is 111 Å². The first kappa shape index (κ1) is 35.4. The Hall–Kier alpha value is -3.96. The van der Waals surface area contributed by atoms with Crippen molar-refractivity contribution in [2.75, 3.05) is 13.1 Å². The topological polar surface area (TPSA) is 60.8 Å². The third-order valence-electron chi connectivity index (χ3n) is 12.8. The molecule has 3 aliphatic carbocycles. The summed E-state index contributed by atoms with van der Waals surface area (Å²) in [5, 5.41) is 21.3. The van der Waals surface area contributed by atoms with Gasteiger partial charge in [0.1, 0.15) is 11.9 Å². The number of aliphatic hydroxyl groups excluding tert-OH is 1. The second-order valence-corrected chi connectivity index (χ2v) is 15.9. The molecule has 51 heavy (non-hydrogen) atoms. The van der Waals surface area contributed by atoms with Gasteiger partial charge in [0.05, 0.1) is 12.5 Å². The summed E-state index contributed by atoms with van der Waals surface area (Å²) in [4.78, 5) is 15.8. The second-order valence-electron chi connectivity index (χ2n) is 15.9. The number of aliphatic hydroxyl groups is 1. The van der Waals surface area contributed by atoms with Crippen molar-refractivity contribution in [3.05, 3.63) is 125 Å². The number of halogens is 1. The second kappa shape index (κ2) is 15.7. The monoisotopic (exact) mass is 687 g/mol. The molecule has 5 heteroatoms. The maximum Gasteiger partial charge on any atom is 0.226 e. The fourth-order valence-corrected chi connectivity index (χ4v) is 10.1. The van der Waals surface area contributed by atoms with E-state index in [2.05, 4.69) is 72.5 Å². The molecule has 4 aromatic rings. The number of phenols is 1. The third-order valence-corrected chi connectivity index (χ3v) is 12.8. The van der Waals surface area contributed by atoms with Gasteiger partial charge in [0.15, 0.2) is 0 Å². The average Bonchev–Trinajstić information content (AvgIpc) is 3.44. The van der Waals surface area contributed by atoms with Gasteiger partial charge in [0.2, 0.25) is 5.91 Å². The molecule has 7 rings (SSSR count). The van der Waals surface area contributed by atoms with E-state index in [9.17, 15) is 15.0 Å². The molecule has 4 nitrogen and oxygen atoms in total. The van der Waals surface area contributed by atoms with Gasteiger partial charge in [-0.3, -0.25) is 4.79 Å². The quantitative estimate of drug-likeness (QED) is 0.138. The Labute approximate surface area is 303 Å². The minimum atomic E-state index is -0.986. The summed E-state index contributed by atoms with van der Waals surface area (Å²) in [6.45, 7) is 3.61. The molecule has 2 saturated carbocycles. The number of carbonyl (C=O) groups is 1. The molecule has 0 saturated heterocycles. The summed E-state index contributed by atoms with van der Waals surface area (Å²) in [6, 6.07) is 34.7. The normalized spacial score (nSPS) is 26.6. The number of rotatable bonds is 13. The summed E-state index contributed by atoms with van der Waals surface area (Å²) < 4.78 is 16.2. The minimum absolute atomic E-state index is 0.165. The van der Waals surface area contributed by atoms with E-state index in [1.165, 1.54) is 11.1 Å². The van der Waals surface area contributed by atoms with E-state index in [4.69, 9.17) is 0 Å². The number of hydrogen-bond donors (Lipinski definition) is 2. The van der Waals surface area contributed by atoms with Crippen LogP contribution in [0.25, 0.3) is 11.1 Å². The smallest absolute Gasteiger partial charge is 0.226 e. The lowest BCUT2D eigenvalue weighted by molar-refractivity contribution is -0.130. The van der Waals surface area contributed by atoms with Gasteiger partial charge in [-0.25, -0.2) is 4.39 Å². The largest absolute Gasteiger partial charge is 0.508 e. The fraction of sp³-hybridized carbons (Fsp3) is 0.457. The van der Waals surface area contributed by atoms with Crippen LogP contribution < -0.4 is 0 Å². The molecular weight excluding hydrogens is 634 g/mol. The maximum atomic E-state index is 16.2. The molecule has 268 valence electrons. The van der Waals surface area contributed by atoms with Gasteiger partial charge in [-0.05, 0) is 120 Å². The Morgan fingerprint density at radius 2 is 1.53 bits per heavy atom. The molecule has 0 spiro atoms. The minimum Gasteiger partial charge on any atom is -0.508 e. The van der Waals surface area contributed by atoms with Gasteiger partial charge < -0.3 is 15.1 Å². The van der Waals surface area contributed by atoms with Gasteiger partial charge in [0.25, 0.3) is 0 Å². The van der Waals surface area contributed by atoms with E-state index in [0.717, 1.165) is 93.1 Å². The predicted molar refractivity (Wildman–Crippen MR) is 203 cm³/mol. The number of unbranched alkanes of at least 4 members (excludes halogenated alkanes) is 2. The summed E-state index contributed by atoms with van der Waals surface area (Å²) in [5.41, 5.74) is 6.46. The highest BCUT2D eigenvalue weighted by atomic mass is 19.1. The van der Waals surface area contributed by atoms with E-state index < -0.39 is 12.3 Å². The van der Waals surface area contributed by atoms with E-state index in [0.29, 0.717) is 24.7 Å². The summed E-state index contributed by atoms with van der Waals surface area (Å²) in [6.07, 6.45) is 7.82. The van der Waals surface area contributed by atoms with Crippen molar-refractivity contribution in [3.63, 3.8) is 0 Å². The first-order chi connectivity index (χ1) is 24.8. The van der Waals surface area contributed by atoms with Crippen LogP contribution in [0.2, 0.25) is 0 Å². The van der Waals surface area contributed by atoms with E-state index >= 15 is 4.39 Å². The van der Waals surface area contributed by atoms with Crippen LogP contribution in [-0.4, -0.2) is 46.4 Å². The first-order valence-electron chi connectivity index (χ1n) is 19.4. The van der Waals surface area contributed by atoms with Gasteiger partial charge >= 0.3 is 0 Å². The Morgan fingerprint density at radius 1 is 0.824 bits per heavy atom. The van der Waals surface area contributed by atoms with Crippen molar-refractivity contribution in [3.8, 4) is 16.9 Å². The lowest BCUT2D eigenvalue weighted by atomic mass is 9.51. The lowest BCUT2D eigenvalue weighted by Crippen LogP contribution is -2.51. The number of hydrogen-bond acceptors (Lipinski definition) is 3. The van der Waals surface area contributed by atoms with Crippen LogP contribution in [0.1, 0.15) is 86.5 Å². The van der Waals surface area contributed by atoms with Crippen molar-refractivity contribution in [2.45, 2.75) is 95.7 Å². The lowest BCUT2D eigenvalue weighted by Gasteiger charge is -2.54. The third kappa shape index (κ3) is 7.79. The molecule has 0 radical (unpaired) electrons. The van der Waals surface area contributed by atoms with Crippen molar-refractivity contribution in [1.29, 1.82) is 0 Å². The highest BCUT2D eigenvalue weighted by Gasteiger charge is 2.59. The van der Waals surface area contributed by atoms with Crippen LogP contribution in [0.4, 0.5) is 4.39 Å². The number of carbonyl (C=O) groups excluding carboxylic acids is 1. The van der Waals surface area contributed by atoms with Gasteiger partial charge in [-0.15, -0.1) is 0 Å².